The van der Waals surface area contributed by atoms with Gasteiger partial charge in [0.1, 0.15) is 12.2 Å². The zero-order valence-electron chi connectivity index (χ0n) is 20.7. The highest BCUT2D eigenvalue weighted by Gasteiger charge is 2.38. The fourth-order valence-corrected chi connectivity index (χ4v) is 5.54. The zero-order chi connectivity index (χ0) is 27.1. The Morgan fingerprint density at radius 2 is 1.05 bits per heavy atom. The first kappa shape index (κ1) is 27.5. The van der Waals surface area contributed by atoms with Gasteiger partial charge in [0.05, 0.1) is 23.3 Å². The number of benzene rings is 2. The predicted octanol–water partition coefficient (Wildman–Crippen LogP) is 8.54. The van der Waals surface area contributed by atoms with Crippen LogP contribution >= 0.6 is 46.4 Å². The van der Waals surface area contributed by atoms with Gasteiger partial charge in [0.15, 0.2) is 8.67 Å². The van der Waals surface area contributed by atoms with Crippen LogP contribution < -0.4 is 0 Å². The van der Waals surface area contributed by atoms with Crippen molar-refractivity contribution in [2.75, 3.05) is 0 Å². The SMILES string of the molecule is CC1=C(c2cccc(C#N)c2C)C(OC2C=CC(Cl)(Cl)C(C)=C2c2cccc(C#N)c2C)C=CC1(Cl)Cl. The Morgan fingerprint density at radius 3 is 1.41 bits per heavy atom. The lowest BCUT2D eigenvalue weighted by atomic mass is 9.84. The normalized spacial score (nSPS) is 22.1. The molecule has 4 rings (SSSR count). The van der Waals surface area contributed by atoms with E-state index in [1.165, 1.54) is 0 Å². The largest absolute Gasteiger partial charge is 0.357 e. The minimum atomic E-state index is -1.22. The standard InChI is InChI=1S/C30H24Cl4N2O/c1-17-21(15-35)7-5-9-23(17)27-19(3)29(31,32)13-11-25(27)37-26-12-14-30(33,34)20(4)28(26)24-10-6-8-22(16-36)18(24)2/h5-14,25-26H,1-4H3. The molecule has 2 unspecified atom stereocenters. The summed E-state index contributed by atoms with van der Waals surface area (Å²) in [6, 6.07) is 15.6. The summed E-state index contributed by atoms with van der Waals surface area (Å²) in [5, 5.41) is 19.2. The van der Waals surface area contributed by atoms with Crippen molar-refractivity contribution in [1.29, 1.82) is 10.5 Å². The highest BCUT2D eigenvalue weighted by Crippen LogP contribution is 2.47. The van der Waals surface area contributed by atoms with Crippen LogP contribution in [0.25, 0.3) is 11.1 Å². The van der Waals surface area contributed by atoms with Crippen molar-refractivity contribution in [2.24, 2.45) is 0 Å². The number of allylic oxidation sites excluding steroid dienone is 4. The third-order valence-corrected chi connectivity index (χ3v) is 8.76. The van der Waals surface area contributed by atoms with Gasteiger partial charge in [-0.3, -0.25) is 0 Å². The first-order valence-corrected chi connectivity index (χ1v) is 13.2. The van der Waals surface area contributed by atoms with E-state index in [1.54, 1.807) is 24.3 Å². The van der Waals surface area contributed by atoms with E-state index in [9.17, 15) is 10.5 Å². The molecule has 0 heterocycles. The molecular formula is C30H24Cl4N2O. The van der Waals surface area contributed by atoms with Crippen LogP contribution in [0.2, 0.25) is 0 Å². The Kier molecular flexibility index (Phi) is 7.69. The van der Waals surface area contributed by atoms with E-state index in [0.29, 0.717) is 11.1 Å². The molecule has 0 radical (unpaired) electrons. The van der Waals surface area contributed by atoms with Gasteiger partial charge < -0.3 is 4.74 Å². The second kappa shape index (κ2) is 10.3. The predicted molar refractivity (Wildman–Crippen MR) is 153 cm³/mol. The van der Waals surface area contributed by atoms with Gasteiger partial charge in [-0.15, -0.1) is 0 Å². The van der Waals surface area contributed by atoms with Crippen LogP contribution in [0, 0.1) is 36.5 Å². The molecule has 3 nitrogen and oxygen atoms in total. The summed E-state index contributed by atoms with van der Waals surface area (Å²) in [5.41, 5.74) is 7.46. The minimum absolute atomic E-state index is 0.534. The molecule has 2 aromatic carbocycles. The summed E-state index contributed by atoms with van der Waals surface area (Å²) in [7, 11) is 0. The molecule has 0 saturated heterocycles. The molecule has 2 atom stereocenters. The molecule has 0 saturated carbocycles. The van der Waals surface area contributed by atoms with Crippen LogP contribution in [-0.2, 0) is 4.74 Å². The summed E-state index contributed by atoms with van der Waals surface area (Å²) in [6.45, 7) is 7.54. The molecular weight excluding hydrogens is 546 g/mol. The number of nitriles is 2. The van der Waals surface area contributed by atoms with E-state index in [2.05, 4.69) is 12.1 Å². The smallest absolute Gasteiger partial charge is 0.157 e. The van der Waals surface area contributed by atoms with E-state index >= 15 is 0 Å². The molecule has 2 aliphatic rings. The van der Waals surface area contributed by atoms with E-state index in [-0.39, 0.29) is 0 Å². The number of nitrogens with zero attached hydrogens (tertiary/aromatic N) is 2. The Morgan fingerprint density at radius 1 is 0.676 bits per heavy atom. The van der Waals surface area contributed by atoms with Crippen LogP contribution in [0.5, 0.6) is 0 Å². The van der Waals surface area contributed by atoms with Crippen molar-refractivity contribution in [3.63, 3.8) is 0 Å². The minimum Gasteiger partial charge on any atom is -0.357 e. The number of rotatable bonds is 4. The van der Waals surface area contributed by atoms with E-state index in [0.717, 1.165) is 44.5 Å². The van der Waals surface area contributed by atoms with Gasteiger partial charge in [0.25, 0.3) is 0 Å². The van der Waals surface area contributed by atoms with Crippen molar-refractivity contribution < 1.29 is 4.74 Å². The molecule has 2 aromatic rings. The molecule has 0 bridgehead atoms. The number of hydrogen-bond donors (Lipinski definition) is 0. The maximum Gasteiger partial charge on any atom is 0.157 e. The van der Waals surface area contributed by atoms with E-state index in [1.807, 2.05) is 64.1 Å². The van der Waals surface area contributed by atoms with Gasteiger partial charge in [0.2, 0.25) is 0 Å². The van der Waals surface area contributed by atoms with Crippen LogP contribution in [-0.4, -0.2) is 20.9 Å². The summed E-state index contributed by atoms with van der Waals surface area (Å²) in [5.74, 6) is 0. The summed E-state index contributed by atoms with van der Waals surface area (Å²) in [6.07, 6.45) is 6.02. The van der Waals surface area contributed by atoms with Gasteiger partial charge in [-0.25, -0.2) is 0 Å². The van der Waals surface area contributed by atoms with Crippen molar-refractivity contribution in [1.82, 2.24) is 0 Å². The van der Waals surface area contributed by atoms with Gasteiger partial charge in [-0.1, -0.05) is 82.8 Å². The molecule has 0 aliphatic heterocycles. The first-order valence-electron chi connectivity index (χ1n) is 11.7. The first-order chi connectivity index (χ1) is 17.4. The highest BCUT2D eigenvalue weighted by atomic mass is 35.5. The Labute approximate surface area is 237 Å². The Hall–Kier alpha value is -2.50. The van der Waals surface area contributed by atoms with E-state index < -0.39 is 20.9 Å². The Bertz CT molecular complexity index is 1370. The number of hydrogen-bond acceptors (Lipinski definition) is 3. The maximum atomic E-state index is 9.62. The topological polar surface area (TPSA) is 56.8 Å². The lowest BCUT2D eigenvalue weighted by Crippen LogP contribution is -2.32. The van der Waals surface area contributed by atoms with Gasteiger partial charge in [-0.05, 0) is 96.5 Å². The third-order valence-electron chi connectivity index (χ3n) is 7.12. The molecule has 0 spiro atoms. The molecule has 7 heteroatoms. The number of ether oxygens (including phenoxy) is 1. The second-order valence-corrected chi connectivity index (χ2v) is 12.0. The Balaban J connectivity index is 1.86. The van der Waals surface area contributed by atoms with Crippen molar-refractivity contribution >= 4 is 57.5 Å². The van der Waals surface area contributed by atoms with Crippen molar-refractivity contribution in [3.8, 4) is 12.1 Å². The van der Waals surface area contributed by atoms with Crippen LogP contribution in [0.1, 0.15) is 47.2 Å². The van der Waals surface area contributed by atoms with Crippen molar-refractivity contribution in [2.45, 2.75) is 48.6 Å². The van der Waals surface area contributed by atoms with Gasteiger partial charge in [0, 0.05) is 0 Å². The van der Waals surface area contributed by atoms with Crippen LogP contribution in [0.15, 0.2) is 71.8 Å². The molecule has 188 valence electrons. The fraction of sp³-hybridized carbons (Fsp3) is 0.267. The number of alkyl halides is 4. The summed E-state index contributed by atoms with van der Waals surface area (Å²) in [4.78, 5) is 0. The fourth-order valence-electron chi connectivity index (χ4n) is 4.84. The van der Waals surface area contributed by atoms with Crippen LogP contribution in [0.4, 0.5) is 0 Å². The molecule has 0 fully saturated rings. The second-order valence-electron chi connectivity index (χ2n) is 9.20. The monoisotopic (exact) mass is 568 g/mol. The molecule has 0 N–H and O–H groups in total. The molecule has 0 aromatic heterocycles. The molecule has 37 heavy (non-hydrogen) atoms. The van der Waals surface area contributed by atoms with Crippen molar-refractivity contribution in [3.05, 3.63) is 105 Å². The zero-order valence-corrected chi connectivity index (χ0v) is 23.8. The van der Waals surface area contributed by atoms with Crippen LogP contribution in [0.3, 0.4) is 0 Å². The van der Waals surface area contributed by atoms with Gasteiger partial charge in [-0.2, -0.15) is 10.5 Å². The molecule has 0 amide bonds. The average molecular weight is 570 g/mol. The quantitative estimate of drug-likeness (QED) is 0.274. The van der Waals surface area contributed by atoms with Gasteiger partial charge >= 0.3 is 0 Å². The highest BCUT2D eigenvalue weighted by molar-refractivity contribution is 6.53. The maximum absolute atomic E-state index is 9.62. The third kappa shape index (κ3) is 5.00. The number of halogens is 4. The lowest BCUT2D eigenvalue weighted by Gasteiger charge is -2.36. The lowest BCUT2D eigenvalue weighted by molar-refractivity contribution is 0.105. The summed E-state index contributed by atoms with van der Waals surface area (Å²) < 4.78 is 4.32. The van der Waals surface area contributed by atoms with E-state index in [4.69, 9.17) is 51.1 Å². The average Bonchev–Trinajstić information content (AvgIpc) is 2.86. The molecule has 2 aliphatic carbocycles. The summed E-state index contributed by atoms with van der Waals surface area (Å²) >= 11 is 26.6.